The number of hydrogen-bond acceptors (Lipinski definition) is 4. The molecule has 0 amide bonds. The smallest absolute Gasteiger partial charge is 0.161 e. The Kier molecular flexibility index (Phi) is 4.45. The molecule has 7 rings (SSSR count). The average molecular weight is 466 g/mol. The predicted octanol–water partition coefficient (Wildman–Crippen LogP) is 8.34. The molecule has 0 unspecified atom stereocenters. The number of pyridine rings is 3. The van der Waals surface area contributed by atoms with Crippen molar-refractivity contribution in [2.24, 2.45) is 0 Å². The summed E-state index contributed by atoms with van der Waals surface area (Å²) in [4.78, 5) is 14.1. The molecule has 0 radical (unpaired) electrons. The lowest BCUT2D eigenvalue weighted by Gasteiger charge is -2.13. The first kappa shape index (κ1) is 20.8. The summed E-state index contributed by atoms with van der Waals surface area (Å²) in [7, 11) is 0. The highest BCUT2D eigenvalue weighted by atomic mass is 16.3. The van der Waals surface area contributed by atoms with Crippen molar-refractivity contribution in [2.75, 3.05) is 0 Å². The van der Waals surface area contributed by atoms with Crippen LogP contribution in [0.2, 0.25) is 0 Å². The van der Waals surface area contributed by atoms with Crippen LogP contribution in [-0.2, 0) is 0 Å². The lowest BCUT2D eigenvalue weighted by atomic mass is 9.94. The number of furan rings is 1. The summed E-state index contributed by atoms with van der Waals surface area (Å²) in [6, 6.07) is 25.3. The Balaban J connectivity index is 1.47. The summed E-state index contributed by atoms with van der Waals surface area (Å²) in [6.07, 6.45) is 3.80. The van der Waals surface area contributed by atoms with Crippen molar-refractivity contribution in [3.8, 4) is 22.4 Å². The van der Waals surface area contributed by atoms with Crippen LogP contribution in [0.3, 0.4) is 0 Å². The third-order valence-electron chi connectivity index (χ3n) is 7.08. The number of aryl methyl sites for hydroxylation is 3. The number of nitrogens with zero attached hydrogens (tertiary/aromatic N) is 3. The summed E-state index contributed by atoms with van der Waals surface area (Å²) < 4.78 is 6.55. The fourth-order valence-corrected chi connectivity index (χ4v) is 5.21. The number of fused-ring (bicyclic) bond motifs is 6. The second-order valence-electron chi connectivity index (χ2n) is 9.50. The predicted molar refractivity (Wildman–Crippen MR) is 147 cm³/mol. The molecule has 4 heteroatoms. The number of para-hydroxylation sites is 1. The molecule has 0 saturated heterocycles. The summed E-state index contributed by atoms with van der Waals surface area (Å²) in [5.74, 6) is 0. The second-order valence-corrected chi connectivity index (χ2v) is 9.50. The van der Waals surface area contributed by atoms with Crippen molar-refractivity contribution in [3.63, 3.8) is 0 Å². The minimum absolute atomic E-state index is 0.823. The maximum atomic E-state index is 6.55. The quantitative estimate of drug-likeness (QED) is 0.257. The van der Waals surface area contributed by atoms with E-state index in [2.05, 4.69) is 79.5 Å². The van der Waals surface area contributed by atoms with Crippen LogP contribution in [0.1, 0.15) is 16.8 Å². The van der Waals surface area contributed by atoms with Crippen molar-refractivity contribution in [3.05, 3.63) is 102 Å². The maximum Gasteiger partial charge on any atom is 0.161 e. The minimum atomic E-state index is 0.823. The summed E-state index contributed by atoms with van der Waals surface area (Å²) in [5.41, 5.74) is 11.1. The molecule has 0 N–H and O–H groups in total. The highest BCUT2D eigenvalue weighted by Gasteiger charge is 2.17. The van der Waals surface area contributed by atoms with E-state index in [1.54, 1.807) is 0 Å². The zero-order valence-electron chi connectivity index (χ0n) is 20.3. The first-order valence-corrected chi connectivity index (χ1v) is 12.1. The van der Waals surface area contributed by atoms with Gasteiger partial charge in [-0.1, -0.05) is 30.3 Å². The van der Waals surface area contributed by atoms with Crippen LogP contribution in [-0.4, -0.2) is 15.0 Å². The van der Waals surface area contributed by atoms with E-state index in [1.165, 1.54) is 16.7 Å². The van der Waals surface area contributed by atoms with Gasteiger partial charge in [-0.05, 0) is 85.5 Å². The van der Waals surface area contributed by atoms with Gasteiger partial charge in [0.15, 0.2) is 5.58 Å². The van der Waals surface area contributed by atoms with Gasteiger partial charge < -0.3 is 4.42 Å². The fourth-order valence-electron chi connectivity index (χ4n) is 5.21. The van der Waals surface area contributed by atoms with Crippen LogP contribution in [0, 0.1) is 20.8 Å². The molecule has 0 saturated carbocycles. The maximum absolute atomic E-state index is 6.55. The summed E-state index contributed by atoms with van der Waals surface area (Å²) >= 11 is 0. The lowest BCUT2D eigenvalue weighted by Crippen LogP contribution is -1.93. The van der Waals surface area contributed by atoms with Crippen molar-refractivity contribution in [1.82, 2.24) is 15.0 Å². The highest BCUT2D eigenvalue weighted by molar-refractivity contribution is 6.16. The SMILES string of the molecule is Cc1ccc2ccc3c4cccc(-c5cc(-c6cc7cccnc7cc6C)c(C)cn5)c4oc3c2n1. The first-order chi connectivity index (χ1) is 17.6. The molecule has 0 aliphatic carbocycles. The molecule has 0 fully saturated rings. The van der Waals surface area contributed by atoms with Gasteiger partial charge in [-0.15, -0.1) is 0 Å². The fraction of sp³-hybridized carbons (Fsp3) is 0.0938. The van der Waals surface area contributed by atoms with Crippen molar-refractivity contribution in [2.45, 2.75) is 20.8 Å². The van der Waals surface area contributed by atoms with E-state index in [9.17, 15) is 0 Å². The Bertz CT molecular complexity index is 1980. The molecule has 3 aromatic carbocycles. The van der Waals surface area contributed by atoms with Crippen LogP contribution in [0.5, 0.6) is 0 Å². The summed E-state index contributed by atoms with van der Waals surface area (Å²) in [5, 5.41) is 4.35. The number of hydrogen-bond donors (Lipinski definition) is 0. The molecular formula is C32H23N3O. The van der Waals surface area contributed by atoms with E-state index in [4.69, 9.17) is 14.4 Å². The van der Waals surface area contributed by atoms with Gasteiger partial charge in [-0.3, -0.25) is 9.97 Å². The van der Waals surface area contributed by atoms with Crippen LogP contribution >= 0.6 is 0 Å². The van der Waals surface area contributed by atoms with Crippen LogP contribution in [0.4, 0.5) is 0 Å². The Hall–Kier alpha value is -4.57. The van der Waals surface area contributed by atoms with Crippen molar-refractivity contribution >= 4 is 43.7 Å². The Morgan fingerprint density at radius 1 is 0.639 bits per heavy atom. The second kappa shape index (κ2) is 7.72. The van der Waals surface area contributed by atoms with Gasteiger partial charge in [-0.25, -0.2) is 4.98 Å². The molecule has 0 aliphatic heterocycles. The largest absolute Gasteiger partial charge is 0.453 e. The monoisotopic (exact) mass is 465 g/mol. The molecule has 0 aliphatic rings. The van der Waals surface area contributed by atoms with Gasteiger partial charge in [0.25, 0.3) is 0 Å². The zero-order valence-corrected chi connectivity index (χ0v) is 20.3. The van der Waals surface area contributed by atoms with Crippen LogP contribution < -0.4 is 0 Å². The van der Waals surface area contributed by atoms with E-state index in [-0.39, 0.29) is 0 Å². The third kappa shape index (κ3) is 3.11. The normalized spacial score (nSPS) is 11.8. The molecule has 0 atom stereocenters. The zero-order chi connectivity index (χ0) is 24.4. The molecule has 4 nitrogen and oxygen atoms in total. The summed E-state index contributed by atoms with van der Waals surface area (Å²) in [6.45, 7) is 6.26. The third-order valence-corrected chi connectivity index (χ3v) is 7.08. The molecule has 172 valence electrons. The minimum Gasteiger partial charge on any atom is -0.453 e. The average Bonchev–Trinajstić information content (AvgIpc) is 3.28. The molecular weight excluding hydrogens is 442 g/mol. The van der Waals surface area contributed by atoms with Crippen molar-refractivity contribution in [1.29, 1.82) is 0 Å². The first-order valence-electron chi connectivity index (χ1n) is 12.1. The Morgan fingerprint density at radius 2 is 1.47 bits per heavy atom. The number of aromatic nitrogens is 3. The molecule has 36 heavy (non-hydrogen) atoms. The van der Waals surface area contributed by atoms with E-state index < -0.39 is 0 Å². The number of benzene rings is 3. The highest BCUT2D eigenvalue weighted by Crippen LogP contribution is 2.39. The standard InChI is InChI=1S/C32H23N3O/c1-18-14-28-22(6-5-13-33-28)15-26(18)27-16-29(34-17-19(27)2)25-8-4-7-23-24-12-11-21-10-9-20(3)35-30(21)32(24)36-31(23)25/h4-17H,1-3H3. The van der Waals surface area contributed by atoms with Gasteiger partial charge in [-0.2, -0.15) is 0 Å². The van der Waals surface area contributed by atoms with Crippen LogP contribution in [0.25, 0.3) is 66.1 Å². The lowest BCUT2D eigenvalue weighted by molar-refractivity contribution is 0.672. The van der Waals surface area contributed by atoms with Gasteiger partial charge in [0.1, 0.15) is 11.1 Å². The van der Waals surface area contributed by atoms with Gasteiger partial charge in [0, 0.05) is 45.2 Å². The van der Waals surface area contributed by atoms with E-state index in [0.717, 1.165) is 66.3 Å². The molecule has 0 bridgehead atoms. The van der Waals surface area contributed by atoms with Crippen molar-refractivity contribution < 1.29 is 4.42 Å². The Morgan fingerprint density at radius 3 is 2.39 bits per heavy atom. The topological polar surface area (TPSA) is 51.8 Å². The Labute approximate surface area is 208 Å². The van der Waals surface area contributed by atoms with Gasteiger partial charge in [0.05, 0.1) is 11.2 Å². The molecule has 0 spiro atoms. The van der Waals surface area contributed by atoms with Gasteiger partial charge >= 0.3 is 0 Å². The van der Waals surface area contributed by atoms with E-state index >= 15 is 0 Å². The number of rotatable bonds is 2. The van der Waals surface area contributed by atoms with Crippen LogP contribution in [0.15, 0.2) is 89.6 Å². The van der Waals surface area contributed by atoms with Gasteiger partial charge in [0.2, 0.25) is 0 Å². The molecule has 4 heterocycles. The van der Waals surface area contributed by atoms with E-state index in [1.807, 2.05) is 31.5 Å². The molecule has 4 aromatic heterocycles. The van der Waals surface area contributed by atoms with E-state index in [0.29, 0.717) is 0 Å². The molecule has 7 aromatic rings.